The molecule has 1 N–H and O–H groups in total. The van der Waals surface area contributed by atoms with Gasteiger partial charge in [0.15, 0.2) is 0 Å². The van der Waals surface area contributed by atoms with Gasteiger partial charge in [-0.15, -0.1) is 0 Å². The van der Waals surface area contributed by atoms with Crippen molar-refractivity contribution in [3.05, 3.63) is 36.4 Å². The molecule has 1 heterocycles. The van der Waals surface area contributed by atoms with Crippen LogP contribution in [-0.2, 0) is 10.0 Å². The van der Waals surface area contributed by atoms with Crippen molar-refractivity contribution < 1.29 is 13.2 Å². The minimum atomic E-state index is -3.48. The van der Waals surface area contributed by atoms with E-state index in [1.807, 2.05) is 24.3 Å². The molecular formula is C17H22N2O3S. The van der Waals surface area contributed by atoms with E-state index in [4.69, 9.17) is 4.74 Å². The first-order chi connectivity index (χ1) is 11.0. The van der Waals surface area contributed by atoms with Gasteiger partial charge < -0.3 is 9.64 Å². The van der Waals surface area contributed by atoms with E-state index >= 15 is 0 Å². The molecular weight excluding hydrogens is 312 g/mol. The highest BCUT2D eigenvalue weighted by Gasteiger charge is 2.23. The highest BCUT2D eigenvalue weighted by Crippen LogP contribution is 2.24. The molecule has 1 fully saturated rings. The Morgan fingerprint density at radius 2 is 1.74 bits per heavy atom. The van der Waals surface area contributed by atoms with Gasteiger partial charge in [0.25, 0.3) is 0 Å². The number of nitrogens with one attached hydrogen (secondary N) is 1. The van der Waals surface area contributed by atoms with Gasteiger partial charge in [-0.25, -0.2) is 13.1 Å². The molecule has 124 valence electrons. The lowest BCUT2D eigenvalue weighted by Gasteiger charge is -2.29. The van der Waals surface area contributed by atoms with Gasteiger partial charge in [-0.1, -0.05) is 12.1 Å². The average molecular weight is 334 g/mol. The molecule has 1 aliphatic rings. The van der Waals surface area contributed by atoms with Gasteiger partial charge in [0.05, 0.1) is 12.0 Å². The van der Waals surface area contributed by atoms with Crippen molar-refractivity contribution in [2.45, 2.75) is 23.8 Å². The minimum absolute atomic E-state index is 0.0164. The Labute approximate surface area is 137 Å². The zero-order valence-electron chi connectivity index (χ0n) is 13.5. The largest absolute Gasteiger partial charge is 0.497 e. The molecule has 0 aromatic heterocycles. The quantitative estimate of drug-likeness (QED) is 0.931. The van der Waals surface area contributed by atoms with E-state index in [0.29, 0.717) is 4.90 Å². The maximum atomic E-state index is 12.6. The number of likely N-dealkylation sites (tertiary alicyclic amines) is 1. The number of ether oxygens (including phenoxy) is 1. The number of sulfonamides is 1. The third-order valence-electron chi connectivity index (χ3n) is 4.37. The predicted octanol–water partition coefficient (Wildman–Crippen LogP) is 2.22. The van der Waals surface area contributed by atoms with Crippen LogP contribution in [0.25, 0.3) is 10.8 Å². The fourth-order valence-electron chi connectivity index (χ4n) is 2.91. The molecule has 1 aliphatic heterocycles. The molecule has 0 atom stereocenters. The number of methoxy groups -OCH3 is 1. The number of hydrogen-bond donors (Lipinski definition) is 1. The number of fused-ring (bicyclic) bond motifs is 1. The summed E-state index contributed by atoms with van der Waals surface area (Å²) in [5.41, 5.74) is 0. The van der Waals surface area contributed by atoms with Crippen molar-refractivity contribution in [2.24, 2.45) is 0 Å². The summed E-state index contributed by atoms with van der Waals surface area (Å²) in [5, 5.41) is 1.85. The number of nitrogens with zero attached hydrogens (tertiary/aromatic N) is 1. The third kappa shape index (κ3) is 3.65. The second-order valence-corrected chi connectivity index (χ2v) is 7.79. The highest BCUT2D eigenvalue weighted by atomic mass is 32.2. The molecule has 23 heavy (non-hydrogen) atoms. The summed E-state index contributed by atoms with van der Waals surface area (Å²) in [4.78, 5) is 2.53. The maximum absolute atomic E-state index is 12.6. The first-order valence-corrected chi connectivity index (χ1v) is 9.25. The maximum Gasteiger partial charge on any atom is 0.240 e. The van der Waals surface area contributed by atoms with Crippen LogP contribution in [0.15, 0.2) is 41.3 Å². The predicted molar refractivity (Wildman–Crippen MR) is 91.3 cm³/mol. The molecule has 2 aromatic carbocycles. The molecule has 1 saturated heterocycles. The van der Waals surface area contributed by atoms with Crippen molar-refractivity contribution in [1.82, 2.24) is 9.62 Å². The van der Waals surface area contributed by atoms with Gasteiger partial charge in [-0.2, -0.15) is 0 Å². The Morgan fingerprint density at radius 3 is 2.43 bits per heavy atom. The van der Waals surface area contributed by atoms with Crippen molar-refractivity contribution in [1.29, 1.82) is 0 Å². The van der Waals surface area contributed by atoms with E-state index in [-0.39, 0.29) is 6.04 Å². The highest BCUT2D eigenvalue weighted by molar-refractivity contribution is 7.89. The summed E-state index contributed by atoms with van der Waals surface area (Å²) in [5.74, 6) is 0.762. The zero-order valence-corrected chi connectivity index (χ0v) is 14.3. The van der Waals surface area contributed by atoms with E-state index < -0.39 is 10.0 Å². The van der Waals surface area contributed by atoms with Crippen LogP contribution in [0.1, 0.15) is 12.8 Å². The summed E-state index contributed by atoms with van der Waals surface area (Å²) in [6.45, 7) is 1.84. The van der Waals surface area contributed by atoms with Gasteiger partial charge in [-0.05, 0) is 68.0 Å². The van der Waals surface area contributed by atoms with Crippen LogP contribution < -0.4 is 9.46 Å². The molecule has 2 aromatic rings. The lowest BCUT2D eigenvalue weighted by atomic mass is 10.1. The molecule has 0 amide bonds. The fraction of sp³-hybridized carbons (Fsp3) is 0.412. The Hall–Kier alpha value is -1.63. The Balaban J connectivity index is 1.83. The molecule has 0 radical (unpaired) electrons. The van der Waals surface area contributed by atoms with Gasteiger partial charge >= 0.3 is 0 Å². The lowest BCUT2D eigenvalue weighted by molar-refractivity contribution is 0.248. The van der Waals surface area contributed by atoms with Gasteiger partial charge in [0.2, 0.25) is 10.0 Å². The monoisotopic (exact) mass is 334 g/mol. The standard InChI is InChI=1S/C17H22N2O3S/c1-19-9-7-15(8-10-19)18-23(20,21)17-6-4-13-11-16(22-2)5-3-14(13)12-17/h3-6,11-12,15,18H,7-10H2,1-2H3. The molecule has 0 spiro atoms. The van der Waals surface area contributed by atoms with Crippen molar-refractivity contribution in [3.8, 4) is 5.75 Å². The van der Waals surface area contributed by atoms with E-state index in [2.05, 4.69) is 16.7 Å². The Morgan fingerprint density at radius 1 is 1.09 bits per heavy atom. The topological polar surface area (TPSA) is 58.6 Å². The third-order valence-corrected chi connectivity index (χ3v) is 5.89. The Bertz CT molecular complexity index is 797. The first-order valence-electron chi connectivity index (χ1n) is 7.76. The van der Waals surface area contributed by atoms with Crippen LogP contribution in [-0.4, -0.2) is 46.6 Å². The van der Waals surface area contributed by atoms with Crippen molar-refractivity contribution >= 4 is 20.8 Å². The van der Waals surface area contributed by atoms with Gasteiger partial charge in [0, 0.05) is 6.04 Å². The molecule has 0 bridgehead atoms. The number of rotatable bonds is 4. The van der Waals surface area contributed by atoms with Crippen LogP contribution in [0.5, 0.6) is 5.75 Å². The summed E-state index contributed by atoms with van der Waals surface area (Å²) in [6, 6.07) is 10.8. The fourth-order valence-corrected chi connectivity index (χ4v) is 4.25. The van der Waals surface area contributed by atoms with Crippen LogP contribution >= 0.6 is 0 Å². The summed E-state index contributed by atoms with van der Waals surface area (Å²) < 4.78 is 33.2. The summed E-state index contributed by atoms with van der Waals surface area (Å²) in [7, 11) is 0.190. The van der Waals surface area contributed by atoms with Crippen molar-refractivity contribution in [2.75, 3.05) is 27.2 Å². The van der Waals surface area contributed by atoms with E-state index in [0.717, 1.165) is 42.5 Å². The minimum Gasteiger partial charge on any atom is -0.497 e. The molecule has 0 unspecified atom stereocenters. The number of benzene rings is 2. The van der Waals surface area contributed by atoms with Crippen molar-refractivity contribution in [3.63, 3.8) is 0 Å². The first kappa shape index (κ1) is 16.2. The number of piperidine rings is 1. The van der Waals surface area contributed by atoms with E-state index in [9.17, 15) is 8.42 Å². The van der Waals surface area contributed by atoms with Gasteiger partial charge in [-0.3, -0.25) is 0 Å². The second-order valence-electron chi connectivity index (χ2n) is 6.07. The van der Waals surface area contributed by atoms with E-state index in [1.54, 1.807) is 19.2 Å². The number of hydrogen-bond acceptors (Lipinski definition) is 4. The van der Waals surface area contributed by atoms with E-state index in [1.165, 1.54) is 0 Å². The second kappa shape index (κ2) is 6.47. The molecule has 3 rings (SSSR count). The molecule has 5 nitrogen and oxygen atoms in total. The van der Waals surface area contributed by atoms with Gasteiger partial charge in [0.1, 0.15) is 5.75 Å². The molecule has 0 saturated carbocycles. The normalized spacial score (nSPS) is 17.5. The summed E-state index contributed by atoms with van der Waals surface area (Å²) in [6.07, 6.45) is 1.70. The van der Waals surface area contributed by atoms with Crippen LogP contribution in [0, 0.1) is 0 Å². The van der Waals surface area contributed by atoms with Crippen LogP contribution in [0.3, 0.4) is 0 Å². The van der Waals surface area contributed by atoms with Crippen LogP contribution in [0.4, 0.5) is 0 Å². The summed E-state index contributed by atoms with van der Waals surface area (Å²) >= 11 is 0. The SMILES string of the molecule is COc1ccc2cc(S(=O)(=O)NC3CCN(C)CC3)ccc2c1. The lowest BCUT2D eigenvalue weighted by Crippen LogP contribution is -2.43. The average Bonchev–Trinajstić information content (AvgIpc) is 2.55. The molecule has 0 aliphatic carbocycles. The van der Waals surface area contributed by atoms with Crippen LogP contribution in [0.2, 0.25) is 0 Å². The smallest absolute Gasteiger partial charge is 0.240 e. The Kier molecular flexibility index (Phi) is 4.57. The molecule has 6 heteroatoms. The zero-order chi connectivity index (χ0) is 16.4.